The zero-order chi connectivity index (χ0) is 56.1. The zero-order valence-corrected chi connectivity index (χ0v) is 46.5. The number of ether oxygens (including phenoxy) is 1. The number of rotatable bonds is 19. The van der Waals surface area contributed by atoms with Crippen LogP contribution in [0.4, 0.5) is 0 Å². The molecule has 0 radical (unpaired) electrons. The summed E-state index contributed by atoms with van der Waals surface area (Å²) in [6, 6.07) is 11.9. The minimum atomic E-state index is -0.987. The van der Waals surface area contributed by atoms with Crippen molar-refractivity contribution in [3.05, 3.63) is 177 Å². The fraction of sp³-hybridized carbons (Fsp3) is 0.367. The number of halogens is 2. The van der Waals surface area contributed by atoms with E-state index in [-0.39, 0.29) is 41.0 Å². The van der Waals surface area contributed by atoms with E-state index in [1.54, 1.807) is 34.4 Å². The highest BCUT2D eigenvalue weighted by molar-refractivity contribution is 6.31. The Kier molecular flexibility index (Phi) is 14.9. The highest BCUT2D eigenvalue weighted by Gasteiger charge is 2.47. The van der Waals surface area contributed by atoms with Crippen molar-refractivity contribution in [3.63, 3.8) is 0 Å². The molecule has 14 rings (SSSR count). The van der Waals surface area contributed by atoms with Crippen LogP contribution in [0.25, 0.3) is 22.3 Å². The molecule has 19 nitrogen and oxygen atoms in total. The highest BCUT2D eigenvalue weighted by Crippen LogP contribution is 2.52. The molecule has 0 amide bonds. The Labute approximate surface area is 475 Å². The largest absolute Gasteiger partial charge is 0.478 e. The Hall–Kier alpha value is -8.00. The van der Waals surface area contributed by atoms with Crippen LogP contribution in [0.5, 0.6) is 0 Å². The average Bonchev–Trinajstić information content (AvgIpc) is 4.36. The molecule has 3 N–H and O–H groups in total. The number of pyridine rings is 4. The van der Waals surface area contributed by atoms with Gasteiger partial charge in [-0.1, -0.05) is 42.3 Å². The number of hydrogen-bond donors (Lipinski definition) is 2. The summed E-state index contributed by atoms with van der Waals surface area (Å²) < 4.78 is 16.6. The second-order valence-corrected chi connectivity index (χ2v) is 22.6. The van der Waals surface area contributed by atoms with Gasteiger partial charge < -0.3 is 33.2 Å². The third kappa shape index (κ3) is 11.8. The summed E-state index contributed by atoms with van der Waals surface area (Å²) in [7, 11) is 0. The molecular formula is C60H61Cl2N13O6. The summed E-state index contributed by atoms with van der Waals surface area (Å²) in [6.07, 6.45) is 30.8. The molecule has 0 aromatic carbocycles. The highest BCUT2D eigenvalue weighted by atomic mass is 35.5. The van der Waals surface area contributed by atoms with Crippen molar-refractivity contribution in [1.82, 2.24) is 57.1 Å². The van der Waals surface area contributed by atoms with E-state index in [1.165, 1.54) is 54.8 Å². The molecule has 4 atom stereocenters. The normalized spacial score (nSPS) is 18.2. The van der Waals surface area contributed by atoms with Gasteiger partial charge in [0.15, 0.2) is 5.78 Å². The molecule has 10 aromatic rings. The van der Waals surface area contributed by atoms with E-state index in [0.717, 1.165) is 69.9 Å². The lowest BCUT2D eigenvalue weighted by Crippen LogP contribution is -2.07. The molecule has 10 heterocycles. The Morgan fingerprint density at radius 3 is 1.73 bits per heavy atom. The maximum atomic E-state index is 12.9. The number of aromatic carboxylic acids is 1. The van der Waals surface area contributed by atoms with Crippen LogP contribution in [0.15, 0.2) is 111 Å². The Morgan fingerprint density at radius 2 is 1.20 bits per heavy atom. The maximum Gasteiger partial charge on any atom is 0.338 e. The quantitative estimate of drug-likeness (QED) is 0.0568. The van der Waals surface area contributed by atoms with Crippen molar-refractivity contribution in [2.24, 2.45) is 17.6 Å². The van der Waals surface area contributed by atoms with E-state index in [4.69, 9.17) is 48.7 Å². The van der Waals surface area contributed by atoms with Gasteiger partial charge in [0, 0.05) is 90.8 Å². The number of carboxylic acids is 1. The molecule has 10 aromatic heterocycles. The van der Waals surface area contributed by atoms with Gasteiger partial charge in [-0.05, 0) is 123 Å². The lowest BCUT2D eigenvalue weighted by molar-refractivity contribution is -0.144. The van der Waals surface area contributed by atoms with Crippen LogP contribution in [0, 0.1) is 11.8 Å². The fourth-order valence-electron chi connectivity index (χ4n) is 11.0. The summed E-state index contributed by atoms with van der Waals surface area (Å²) in [4.78, 5) is 67.1. The fourth-order valence-corrected chi connectivity index (χ4v) is 11.3. The number of hydrogen-bond acceptors (Lipinski definition) is 12. The lowest BCUT2D eigenvalue weighted by atomic mass is 10.0. The second kappa shape index (κ2) is 22.5. The van der Waals surface area contributed by atoms with E-state index in [2.05, 4.69) is 53.5 Å². The molecule has 21 heteroatoms. The number of nitrogens with zero attached hydrogens (tertiary/aromatic N) is 12. The Morgan fingerprint density at radius 1 is 0.667 bits per heavy atom. The average molecular weight is 1130 g/mol. The van der Waals surface area contributed by atoms with Crippen LogP contribution in [-0.4, -0.2) is 92.3 Å². The van der Waals surface area contributed by atoms with Crippen LogP contribution in [0.3, 0.4) is 0 Å². The van der Waals surface area contributed by atoms with E-state index in [0.29, 0.717) is 78.7 Å². The topological polar surface area (TPSA) is 229 Å². The van der Waals surface area contributed by atoms with Crippen molar-refractivity contribution in [1.29, 1.82) is 0 Å². The van der Waals surface area contributed by atoms with Gasteiger partial charge in [-0.25, -0.2) is 24.7 Å². The Balaban J connectivity index is 0.000000138. The number of imidazole rings is 4. The van der Waals surface area contributed by atoms with Crippen LogP contribution in [0.2, 0.25) is 10.0 Å². The molecule has 4 aliphatic carbocycles. The van der Waals surface area contributed by atoms with Gasteiger partial charge >= 0.3 is 11.9 Å². The third-order valence-electron chi connectivity index (χ3n) is 15.7. The third-order valence-corrected chi connectivity index (χ3v) is 16.2. The summed E-state index contributed by atoms with van der Waals surface area (Å²) in [5, 5.41) is 19.0. The number of fused-ring (bicyclic) bond motifs is 4. The number of aryl methyl sites for hydroxylation is 1. The van der Waals surface area contributed by atoms with Gasteiger partial charge in [-0.2, -0.15) is 10.2 Å². The molecule has 0 bridgehead atoms. The van der Waals surface area contributed by atoms with Crippen molar-refractivity contribution < 1.29 is 29.0 Å². The molecular weight excluding hydrogens is 1070 g/mol. The smallest absolute Gasteiger partial charge is 0.338 e. The summed E-state index contributed by atoms with van der Waals surface area (Å²) in [5.74, 6) is 0.959. The minimum Gasteiger partial charge on any atom is -0.478 e. The van der Waals surface area contributed by atoms with E-state index in [1.807, 2.05) is 71.7 Å². The first kappa shape index (κ1) is 53.6. The SMILES string of the molecule is CCCC(=O)C1CC1c1cc(C2CC2)cn2cc(Cn3cc(C(=O)O)cn3)nc12.CCOC(=O)C1CC1c1cc(C2CC2)cn2cc(Cn3cc(C(=O)CCc4ncn5ccc(Cl)cc45)cn3)nc12.NCc1ncn2ccc(Cl)cc12. The number of ketones is 2. The van der Waals surface area contributed by atoms with E-state index in [9.17, 15) is 19.2 Å². The summed E-state index contributed by atoms with van der Waals surface area (Å²) in [6.45, 7) is 5.59. The number of esters is 1. The van der Waals surface area contributed by atoms with Gasteiger partial charge in [0.05, 0.1) is 95.6 Å². The van der Waals surface area contributed by atoms with E-state index >= 15 is 0 Å². The first-order valence-electron chi connectivity index (χ1n) is 27.8. The van der Waals surface area contributed by atoms with E-state index < -0.39 is 5.97 Å². The van der Waals surface area contributed by atoms with Crippen molar-refractivity contribution in [2.45, 2.75) is 121 Å². The van der Waals surface area contributed by atoms with Gasteiger partial charge in [0.25, 0.3) is 0 Å². The first-order valence-corrected chi connectivity index (χ1v) is 28.5. The van der Waals surface area contributed by atoms with Gasteiger partial charge in [0.1, 0.15) is 17.1 Å². The zero-order valence-electron chi connectivity index (χ0n) is 44.9. The number of carboxylic acid groups (broad SMARTS) is 1. The lowest BCUT2D eigenvalue weighted by Gasteiger charge is -2.07. The molecule has 4 unspecified atom stereocenters. The minimum absolute atomic E-state index is 0.0135. The number of carbonyl (C=O) groups is 4. The molecule has 81 heavy (non-hydrogen) atoms. The van der Waals surface area contributed by atoms with Gasteiger partial charge in [0.2, 0.25) is 0 Å². The number of aromatic nitrogens is 12. The molecule has 0 saturated heterocycles. The van der Waals surface area contributed by atoms with Crippen molar-refractivity contribution >= 4 is 69.0 Å². The summed E-state index contributed by atoms with van der Waals surface area (Å²) >= 11 is 12.0. The molecule has 4 aliphatic rings. The molecule has 4 fully saturated rings. The Bertz CT molecular complexity index is 4030. The molecule has 0 aliphatic heterocycles. The summed E-state index contributed by atoms with van der Waals surface area (Å²) in [5.41, 5.74) is 18.2. The standard InChI is InChI=1S/C30H29ClN6O3.C22H24N4O3.C8H8ClN3/c1-2-40-30(39)25-11-23(25)24-9-19(18-3-4-18)13-36-15-22(34-29(24)36)16-37-14-20(12-33-37)28(38)6-5-26-27-10-21(31)7-8-35(27)17-32-26;1-2-3-20(27)18-7-17(18)19-6-14(13-4-5-13)9-25-11-16(24-21(19)25)12-26-10-15(8-23-26)22(28)29;9-6-1-2-12-5-11-7(4-10)8(12)3-6/h7-10,12-15,17-18,23,25H,2-6,11,16H2,1H3;6,8-11,13,17-18H,2-5,7,12H2,1H3,(H,28,29);1-3,5H,4,10H2. The monoisotopic (exact) mass is 1130 g/mol. The number of carbonyl (C=O) groups excluding carboxylic acids is 3. The second-order valence-electron chi connectivity index (χ2n) is 21.7. The number of Topliss-reactive ketones (excluding diaryl/α,β-unsaturated/α-hetero) is 2. The molecule has 0 spiro atoms. The van der Waals surface area contributed by atoms with Crippen LogP contribution in [0.1, 0.15) is 161 Å². The van der Waals surface area contributed by atoms with Gasteiger partial charge in [-0.3, -0.25) is 23.7 Å². The predicted octanol–water partition coefficient (Wildman–Crippen LogP) is 10.3. The maximum absolute atomic E-state index is 12.9. The predicted molar refractivity (Wildman–Crippen MR) is 303 cm³/mol. The molecule has 4 saturated carbocycles. The van der Waals surface area contributed by atoms with Crippen molar-refractivity contribution in [3.8, 4) is 0 Å². The van der Waals surface area contributed by atoms with Crippen LogP contribution >= 0.6 is 23.2 Å². The van der Waals surface area contributed by atoms with Crippen LogP contribution < -0.4 is 5.73 Å². The number of nitrogens with two attached hydrogens (primary N) is 1. The van der Waals surface area contributed by atoms with Gasteiger partial charge in [-0.15, -0.1) is 0 Å². The van der Waals surface area contributed by atoms with Crippen LogP contribution in [-0.2, 0) is 40.4 Å². The first-order chi connectivity index (χ1) is 39.3. The van der Waals surface area contributed by atoms with Crippen molar-refractivity contribution in [2.75, 3.05) is 6.61 Å². The molecule has 416 valence electrons.